The number of aromatic nitrogens is 3. The Balaban J connectivity index is 1.37. The lowest BCUT2D eigenvalue weighted by Gasteiger charge is -2.34. The Morgan fingerprint density at radius 1 is 0.966 bits per heavy atom. The molecule has 2 fully saturated rings. The van der Waals surface area contributed by atoms with Gasteiger partial charge in [0.2, 0.25) is 16.0 Å². The summed E-state index contributed by atoms with van der Waals surface area (Å²) >= 11 is 1.49. The van der Waals surface area contributed by atoms with Gasteiger partial charge >= 0.3 is 0 Å². The van der Waals surface area contributed by atoms with E-state index in [-0.39, 0.29) is 11.5 Å². The first kappa shape index (κ1) is 19.0. The van der Waals surface area contributed by atoms with Gasteiger partial charge in [-0.15, -0.1) is 5.10 Å². The highest BCUT2D eigenvalue weighted by atomic mass is 32.1. The van der Waals surface area contributed by atoms with E-state index in [0.717, 1.165) is 87.4 Å². The lowest BCUT2D eigenvalue weighted by atomic mass is 9.96. The van der Waals surface area contributed by atoms with E-state index in [4.69, 9.17) is 4.98 Å². The van der Waals surface area contributed by atoms with Crippen LogP contribution in [0, 0.1) is 5.92 Å². The molecule has 1 unspecified atom stereocenters. The topological polar surface area (TPSA) is 70.8 Å². The number of aryl methyl sites for hydroxylation is 1. The standard InChI is InChI=1S/C21H29N5O2S/c27-18(24-11-5-1-2-6-12-24)15-8-7-13-25(14-15)21-23-26-19(28)16-9-3-4-10-17(16)22-20(26)29-21/h15H,1-14H2. The van der Waals surface area contributed by atoms with Crippen molar-refractivity contribution < 1.29 is 4.79 Å². The first-order chi connectivity index (χ1) is 14.2. The average Bonchev–Trinajstić information content (AvgIpc) is 3.00. The summed E-state index contributed by atoms with van der Waals surface area (Å²) in [7, 11) is 0. The van der Waals surface area contributed by atoms with Gasteiger partial charge < -0.3 is 9.80 Å². The van der Waals surface area contributed by atoms with Crippen molar-refractivity contribution in [2.75, 3.05) is 31.1 Å². The molecule has 0 saturated carbocycles. The number of anilines is 1. The molecule has 5 rings (SSSR count). The summed E-state index contributed by atoms with van der Waals surface area (Å²) < 4.78 is 1.49. The second kappa shape index (κ2) is 8.05. The second-order valence-corrected chi connectivity index (χ2v) is 9.59. The van der Waals surface area contributed by atoms with Crippen molar-refractivity contribution in [2.24, 2.45) is 5.92 Å². The van der Waals surface area contributed by atoms with E-state index in [1.165, 1.54) is 28.7 Å². The number of nitrogens with zero attached hydrogens (tertiary/aromatic N) is 5. The largest absolute Gasteiger partial charge is 0.346 e. The number of hydrogen-bond donors (Lipinski definition) is 0. The molecule has 8 heteroatoms. The zero-order valence-corrected chi connectivity index (χ0v) is 17.8. The van der Waals surface area contributed by atoms with E-state index in [1.54, 1.807) is 0 Å². The summed E-state index contributed by atoms with van der Waals surface area (Å²) in [6, 6.07) is 0. The number of carbonyl (C=O) groups is 1. The van der Waals surface area contributed by atoms with Gasteiger partial charge in [-0.2, -0.15) is 4.52 Å². The number of fused-ring (bicyclic) bond motifs is 2. The highest BCUT2D eigenvalue weighted by Crippen LogP contribution is 2.29. The molecule has 2 aromatic rings. The van der Waals surface area contributed by atoms with Crippen LogP contribution in [0.25, 0.3) is 4.96 Å². The second-order valence-electron chi connectivity index (χ2n) is 8.65. The van der Waals surface area contributed by atoms with Crippen LogP contribution in [-0.4, -0.2) is 51.6 Å². The van der Waals surface area contributed by atoms with E-state index < -0.39 is 0 Å². The minimum Gasteiger partial charge on any atom is -0.346 e. The van der Waals surface area contributed by atoms with Crippen LogP contribution in [0.5, 0.6) is 0 Å². The highest BCUT2D eigenvalue weighted by Gasteiger charge is 2.31. The molecule has 4 heterocycles. The zero-order chi connectivity index (χ0) is 19.8. The molecular weight excluding hydrogens is 386 g/mol. The smallest absolute Gasteiger partial charge is 0.278 e. The summed E-state index contributed by atoms with van der Waals surface area (Å²) in [5.41, 5.74) is 1.81. The lowest BCUT2D eigenvalue weighted by molar-refractivity contribution is -0.135. The Hall–Kier alpha value is -1.96. The molecule has 7 nitrogen and oxygen atoms in total. The van der Waals surface area contributed by atoms with Crippen molar-refractivity contribution in [2.45, 2.75) is 64.2 Å². The van der Waals surface area contributed by atoms with Crippen molar-refractivity contribution in [1.82, 2.24) is 19.5 Å². The van der Waals surface area contributed by atoms with Crippen molar-refractivity contribution in [3.8, 4) is 0 Å². The lowest BCUT2D eigenvalue weighted by Crippen LogP contribution is -2.45. The van der Waals surface area contributed by atoms with Gasteiger partial charge in [-0.3, -0.25) is 9.59 Å². The molecule has 3 aliphatic rings. The van der Waals surface area contributed by atoms with Crippen LogP contribution < -0.4 is 10.5 Å². The van der Waals surface area contributed by atoms with Crippen LogP contribution >= 0.6 is 11.3 Å². The van der Waals surface area contributed by atoms with Gasteiger partial charge in [0.25, 0.3) is 5.56 Å². The molecule has 0 aromatic carbocycles. The molecule has 2 saturated heterocycles. The van der Waals surface area contributed by atoms with Crippen molar-refractivity contribution >= 4 is 27.3 Å². The summed E-state index contributed by atoms with van der Waals surface area (Å²) in [6.07, 6.45) is 10.5. The van der Waals surface area contributed by atoms with Crippen LogP contribution in [0.1, 0.15) is 62.6 Å². The number of amides is 1. The number of likely N-dealkylation sites (tertiary alicyclic amines) is 1. The van der Waals surface area contributed by atoms with Crippen molar-refractivity contribution in [3.63, 3.8) is 0 Å². The van der Waals surface area contributed by atoms with Gasteiger partial charge in [0.1, 0.15) is 0 Å². The average molecular weight is 416 g/mol. The predicted molar refractivity (Wildman–Crippen MR) is 114 cm³/mol. The maximum atomic E-state index is 13.1. The molecule has 29 heavy (non-hydrogen) atoms. The minimum absolute atomic E-state index is 0.00130. The maximum Gasteiger partial charge on any atom is 0.278 e. The van der Waals surface area contributed by atoms with Crippen LogP contribution in [0.2, 0.25) is 0 Å². The van der Waals surface area contributed by atoms with Crippen molar-refractivity contribution in [3.05, 3.63) is 21.6 Å². The Morgan fingerprint density at radius 3 is 2.59 bits per heavy atom. The Labute approximate surface area is 174 Å². The number of rotatable bonds is 2. The summed E-state index contributed by atoms with van der Waals surface area (Å²) in [6.45, 7) is 3.39. The Morgan fingerprint density at radius 2 is 1.76 bits per heavy atom. The van der Waals surface area contributed by atoms with Crippen LogP contribution in [0.3, 0.4) is 0 Å². The van der Waals surface area contributed by atoms with Gasteiger partial charge in [0.15, 0.2) is 0 Å². The SMILES string of the molecule is O=C(C1CCCN(c2nn3c(=O)c4c(nc3s2)CCCC4)C1)N1CCCCCC1. The molecule has 0 radical (unpaired) electrons. The molecule has 2 aliphatic heterocycles. The summed E-state index contributed by atoms with van der Waals surface area (Å²) in [5, 5.41) is 5.45. The quantitative estimate of drug-likeness (QED) is 0.754. The van der Waals surface area contributed by atoms with Gasteiger partial charge in [-0.25, -0.2) is 4.98 Å². The van der Waals surface area contributed by atoms with E-state index >= 15 is 0 Å². The van der Waals surface area contributed by atoms with Crippen LogP contribution in [0.15, 0.2) is 4.79 Å². The van der Waals surface area contributed by atoms with Gasteiger partial charge in [0, 0.05) is 31.7 Å². The molecule has 1 amide bonds. The van der Waals surface area contributed by atoms with E-state index in [2.05, 4.69) is 14.9 Å². The molecule has 1 aliphatic carbocycles. The monoisotopic (exact) mass is 415 g/mol. The molecule has 0 bridgehead atoms. The minimum atomic E-state index is 0.00130. The van der Waals surface area contributed by atoms with Gasteiger partial charge in [-0.05, 0) is 51.4 Å². The fourth-order valence-electron chi connectivity index (χ4n) is 4.99. The normalized spacial score (nSPS) is 23.1. The maximum absolute atomic E-state index is 13.1. The van der Waals surface area contributed by atoms with E-state index in [1.807, 2.05) is 0 Å². The predicted octanol–water partition coefficient (Wildman–Crippen LogP) is 2.65. The molecule has 0 spiro atoms. The molecule has 1 atom stereocenters. The molecular formula is C21H29N5O2S. The fraction of sp³-hybridized carbons (Fsp3) is 0.714. The third kappa shape index (κ3) is 3.67. The zero-order valence-electron chi connectivity index (χ0n) is 16.9. The van der Waals surface area contributed by atoms with Crippen molar-refractivity contribution in [1.29, 1.82) is 0 Å². The summed E-state index contributed by atoms with van der Waals surface area (Å²) in [4.78, 5) is 35.7. The Kier molecular flexibility index (Phi) is 5.28. The van der Waals surface area contributed by atoms with Crippen LogP contribution in [0.4, 0.5) is 5.13 Å². The van der Waals surface area contributed by atoms with Crippen LogP contribution in [-0.2, 0) is 17.6 Å². The number of piperidine rings is 1. The van der Waals surface area contributed by atoms with Gasteiger partial charge in [-0.1, -0.05) is 24.2 Å². The molecule has 0 N–H and O–H groups in total. The number of hydrogen-bond acceptors (Lipinski definition) is 6. The molecule has 156 valence electrons. The third-order valence-electron chi connectivity index (χ3n) is 6.63. The van der Waals surface area contributed by atoms with Gasteiger partial charge in [0.05, 0.1) is 11.6 Å². The van der Waals surface area contributed by atoms with E-state index in [9.17, 15) is 9.59 Å². The fourth-order valence-corrected chi connectivity index (χ4v) is 5.94. The first-order valence-electron chi connectivity index (χ1n) is 11.2. The number of carbonyl (C=O) groups excluding carboxylic acids is 1. The summed E-state index contributed by atoms with van der Waals surface area (Å²) in [5.74, 6) is 0.343. The Bertz CT molecular complexity index is 960. The highest BCUT2D eigenvalue weighted by molar-refractivity contribution is 7.20. The van der Waals surface area contributed by atoms with E-state index in [0.29, 0.717) is 17.4 Å². The third-order valence-corrected chi connectivity index (χ3v) is 7.60. The molecule has 2 aromatic heterocycles. The first-order valence-corrected chi connectivity index (χ1v) is 12.0.